The molecule has 0 amide bonds. The first-order chi connectivity index (χ1) is 5.29. The molecule has 1 heterocycles. The van der Waals surface area contributed by atoms with Gasteiger partial charge in [0.15, 0.2) is 0 Å². The zero-order valence-electron chi connectivity index (χ0n) is 6.40. The van der Waals surface area contributed by atoms with Crippen molar-refractivity contribution in [2.24, 2.45) is 0 Å². The topological polar surface area (TPSA) is 33.1 Å². The van der Waals surface area contributed by atoms with E-state index in [1.165, 1.54) is 11.8 Å². The molecule has 1 aromatic rings. The normalized spacial score (nSPS) is 12.9. The van der Waals surface area contributed by atoms with Gasteiger partial charge in [0.25, 0.3) is 0 Å². The molecule has 0 fully saturated rings. The molecule has 0 saturated heterocycles. The lowest BCUT2D eigenvalue weighted by Crippen LogP contribution is -1.94. The molecule has 3 heteroatoms. The van der Waals surface area contributed by atoms with Gasteiger partial charge in [-0.3, -0.25) is 4.98 Å². The number of aliphatic hydroxyl groups excluding tert-OH is 1. The molecule has 1 N–H and O–H groups in total. The van der Waals surface area contributed by atoms with Crippen LogP contribution in [0.2, 0.25) is 0 Å². The maximum atomic E-state index is 8.95. The Hall–Kier alpha value is -0.540. The van der Waals surface area contributed by atoms with Gasteiger partial charge in [0.1, 0.15) is 0 Å². The van der Waals surface area contributed by atoms with Gasteiger partial charge in [-0.15, -0.1) is 11.8 Å². The molecule has 1 unspecified atom stereocenters. The Morgan fingerprint density at radius 3 is 3.00 bits per heavy atom. The van der Waals surface area contributed by atoms with Crippen LogP contribution in [0.25, 0.3) is 0 Å². The molecule has 1 aromatic heterocycles. The smallest absolute Gasteiger partial charge is 0.0968 e. The number of hydrogen-bond donors (Lipinski definition) is 1. The molecule has 0 aliphatic carbocycles. The first-order valence-corrected chi connectivity index (χ1v) is 4.53. The fraction of sp³-hybridized carbons (Fsp3) is 0.375. The predicted molar refractivity (Wildman–Crippen MR) is 47.2 cm³/mol. The Morgan fingerprint density at radius 2 is 2.45 bits per heavy atom. The molecule has 0 aromatic carbocycles. The average Bonchev–Trinajstić information content (AvgIpc) is 2.03. The van der Waals surface area contributed by atoms with E-state index in [2.05, 4.69) is 4.98 Å². The fourth-order valence-corrected chi connectivity index (χ4v) is 1.27. The number of hydrogen-bond acceptors (Lipinski definition) is 3. The van der Waals surface area contributed by atoms with Crippen LogP contribution in [-0.4, -0.2) is 15.5 Å². The Balaban J connectivity index is 2.39. The lowest BCUT2D eigenvalue weighted by molar-refractivity contribution is 0.284. The second-order valence-electron chi connectivity index (χ2n) is 2.23. The number of rotatable bonds is 3. The van der Waals surface area contributed by atoms with E-state index in [1.54, 1.807) is 13.1 Å². The Morgan fingerprint density at radius 1 is 1.64 bits per heavy atom. The van der Waals surface area contributed by atoms with Crippen LogP contribution in [0.4, 0.5) is 0 Å². The van der Waals surface area contributed by atoms with Crippen molar-refractivity contribution in [1.82, 2.24) is 4.98 Å². The lowest BCUT2D eigenvalue weighted by atomic mass is 10.4. The van der Waals surface area contributed by atoms with Crippen molar-refractivity contribution in [3.63, 3.8) is 0 Å². The molecule has 0 bridgehead atoms. The Labute approximate surface area is 70.7 Å². The number of pyridine rings is 1. The van der Waals surface area contributed by atoms with Crippen molar-refractivity contribution < 1.29 is 5.11 Å². The molecule has 2 nitrogen and oxygen atoms in total. The summed E-state index contributed by atoms with van der Waals surface area (Å²) >= 11 is 1.48. The SMILES string of the molecule is CC(O)SCc1ccccn1. The van der Waals surface area contributed by atoms with Gasteiger partial charge < -0.3 is 5.11 Å². The summed E-state index contributed by atoms with van der Waals surface area (Å²) in [4.78, 5) is 4.12. The van der Waals surface area contributed by atoms with Crippen LogP contribution in [0.1, 0.15) is 12.6 Å². The molecule has 0 aliphatic heterocycles. The van der Waals surface area contributed by atoms with Crippen LogP contribution in [0.5, 0.6) is 0 Å². The highest BCUT2D eigenvalue weighted by molar-refractivity contribution is 7.98. The van der Waals surface area contributed by atoms with E-state index >= 15 is 0 Å². The molecule has 1 atom stereocenters. The van der Waals surface area contributed by atoms with Gasteiger partial charge in [0.05, 0.1) is 11.1 Å². The van der Waals surface area contributed by atoms with E-state index in [0.29, 0.717) is 0 Å². The van der Waals surface area contributed by atoms with Gasteiger partial charge in [0.2, 0.25) is 0 Å². The minimum Gasteiger partial charge on any atom is -0.383 e. The van der Waals surface area contributed by atoms with E-state index in [0.717, 1.165) is 11.4 Å². The van der Waals surface area contributed by atoms with Crippen LogP contribution >= 0.6 is 11.8 Å². The second-order valence-corrected chi connectivity index (χ2v) is 3.54. The van der Waals surface area contributed by atoms with Gasteiger partial charge in [-0.25, -0.2) is 0 Å². The largest absolute Gasteiger partial charge is 0.383 e. The van der Waals surface area contributed by atoms with E-state index < -0.39 is 0 Å². The molecule has 0 radical (unpaired) electrons. The first-order valence-electron chi connectivity index (χ1n) is 3.48. The van der Waals surface area contributed by atoms with Crippen LogP contribution in [0.15, 0.2) is 24.4 Å². The molecule has 11 heavy (non-hydrogen) atoms. The molecule has 0 saturated carbocycles. The number of aliphatic hydroxyl groups is 1. The fourth-order valence-electron chi connectivity index (χ4n) is 0.689. The van der Waals surface area contributed by atoms with Gasteiger partial charge >= 0.3 is 0 Å². The lowest BCUT2D eigenvalue weighted by Gasteiger charge is -2.01. The first kappa shape index (κ1) is 8.56. The predicted octanol–water partition coefficient (Wildman–Crippen LogP) is 1.65. The van der Waals surface area contributed by atoms with E-state index in [1.807, 2.05) is 18.2 Å². The van der Waals surface area contributed by atoms with Gasteiger partial charge in [-0.05, 0) is 19.1 Å². The van der Waals surface area contributed by atoms with E-state index in [9.17, 15) is 0 Å². The summed E-state index contributed by atoms with van der Waals surface area (Å²) in [7, 11) is 0. The third-order valence-electron chi connectivity index (χ3n) is 1.20. The van der Waals surface area contributed by atoms with Crippen LogP contribution in [0, 0.1) is 0 Å². The summed E-state index contributed by atoms with van der Waals surface area (Å²) in [6.07, 6.45) is 1.76. The standard InChI is InChI=1S/C8H11NOS/c1-7(10)11-6-8-4-2-3-5-9-8/h2-5,7,10H,6H2,1H3. The summed E-state index contributed by atoms with van der Waals surface area (Å²) < 4.78 is 0. The maximum Gasteiger partial charge on any atom is 0.0968 e. The molecule has 1 rings (SSSR count). The van der Waals surface area contributed by atoms with Gasteiger partial charge in [-0.1, -0.05) is 6.07 Å². The Kier molecular flexibility index (Phi) is 3.39. The highest BCUT2D eigenvalue weighted by atomic mass is 32.2. The van der Waals surface area contributed by atoms with Crippen molar-refractivity contribution in [2.75, 3.05) is 0 Å². The molecular formula is C8H11NOS. The van der Waals surface area contributed by atoms with Crippen molar-refractivity contribution in [2.45, 2.75) is 18.1 Å². The van der Waals surface area contributed by atoms with Crippen LogP contribution in [0.3, 0.4) is 0 Å². The summed E-state index contributed by atoms with van der Waals surface area (Å²) in [5.41, 5.74) is 0.704. The Bertz CT molecular complexity index is 201. The zero-order chi connectivity index (χ0) is 8.10. The van der Waals surface area contributed by atoms with Crippen LogP contribution in [-0.2, 0) is 5.75 Å². The third-order valence-corrected chi connectivity index (χ3v) is 2.14. The average molecular weight is 169 g/mol. The molecule has 0 spiro atoms. The monoisotopic (exact) mass is 169 g/mol. The third kappa shape index (κ3) is 3.39. The summed E-state index contributed by atoms with van der Waals surface area (Å²) in [6.45, 7) is 1.76. The molecule has 0 aliphatic rings. The number of aromatic nitrogens is 1. The van der Waals surface area contributed by atoms with Crippen molar-refractivity contribution in [3.8, 4) is 0 Å². The number of thioether (sulfide) groups is 1. The quantitative estimate of drug-likeness (QED) is 0.698. The maximum absolute atomic E-state index is 8.95. The van der Waals surface area contributed by atoms with Crippen molar-refractivity contribution >= 4 is 11.8 Å². The minimum atomic E-state index is -0.308. The highest BCUT2D eigenvalue weighted by Crippen LogP contribution is 2.12. The van der Waals surface area contributed by atoms with Crippen molar-refractivity contribution in [3.05, 3.63) is 30.1 Å². The summed E-state index contributed by atoms with van der Waals surface area (Å²) in [6, 6.07) is 5.79. The van der Waals surface area contributed by atoms with Crippen molar-refractivity contribution in [1.29, 1.82) is 0 Å². The highest BCUT2D eigenvalue weighted by Gasteiger charge is 1.97. The van der Waals surface area contributed by atoms with Crippen LogP contribution < -0.4 is 0 Å². The zero-order valence-corrected chi connectivity index (χ0v) is 7.21. The van der Waals surface area contributed by atoms with Gasteiger partial charge in [0, 0.05) is 11.9 Å². The van der Waals surface area contributed by atoms with E-state index in [-0.39, 0.29) is 5.44 Å². The minimum absolute atomic E-state index is 0.308. The second kappa shape index (κ2) is 4.36. The molecule has 60 valence electrons. The number of nitrogens with zero attached hydrogens (tertiary/aromatic N) is 1. The summed E-state index contributed by atoms with van der Waals surface area (Å²) in [5, 5.41) is 8.95. The summed E-state index contributed by atoms with van der Waals surface area (Å²) in [5.74, 6) is 0.776. The van der Waals surface area contributed by atoms with E-state index in [4.69, 9.17) is 5.11 Å². The molecular weight excluding hydrogens is 158 g/mol. The van der Waals surface area contributed by atoms with Gasteiger partial charge in [-0.2, -0.15) is 0 Å².